The van der Waals surface area contributed by atoms with Gasteiger partial charge in [0.2, 0.25) is 5.91 Å². The van der Waals surface area contributed by atoms with Crippen molar-refractivity contribution in [1.82, 2.24) is 5.32 Å². The van der Waals surface area contributed by atoms with E-state index in [2.05, 4.69) is 19.2 Å². The van der Waals surface area contributed by atoms with E-state index in [1.807, 2.05) is 0 Å². The van der Waals surface area contributed by atoms with Crippen LogP contribution in [0.15, 0.2) is 0 Å². The van der Waals surface area contributed by atoms with Crippen molar-refractivity contribution in [2.24, 2.45) is 17.3 Å². The molecule has 3 atom stereocenters. The van der Waals surface area contributed by atoms with Crippen LogP contribution in [0.5, 0.6) is 0 Å². The SMILES string of the molecule is CC1(C)CC1C(=O)N[C@H]1CC[C@@H](C(=O)O)C1. The summed E-state index contributed by atoms with van der Waals surface area (Å²) in [6.07, 6.45) is 3.03. The van der Waals surface area contributed by atoms with Crippen LogP contribution in [0, 0.1) is 17.3 Å². The Morgan fingerprint density at radius 1 is 1.31 bits per heavy atom. The summed E-state index contributed by atoms with van der Waals surface area (Å²) in [4.78, 5) is 22.6. The summed E-state index contributed by atoms with van der Waals surface area (Å²) in [5, 5.41) is 11.8. The molecule has 90 valence electrons. The Morgan fingerprint density at radius 2 is 1.94 bits per heavy atom. The highest BCUT2D eigenvalue weighted by Gasteiger charge is 2.51. The van der Waals surface area contributed by atoms with Crippen LogP contribution in [0.3, 0.4) is 0 Å². The highest BCUT2D eigenvalue weighted by Crippen LogP contribution is 2.51. The lowest BCUT2D eigenvalue weighted by Gasteiger charge is -2.13. The van der Waals surface area contributed by atoms with Gasteiger partial charge < -0.3 is 10.4 Å². The second-order valence-electron chi connectivity index (χ2n) is 5.80. The lowest BCUT2D eigenvalue weighted by atomic mass is 10.1. The van der Waals surface area contributed by atoms with Gasteiger partial charge in [-0.15, -0.1) is 0 Å². The van der Waals surface area contributed by atoms with Crippen molar-refractivity contribution in [2.45, 2.75) is 45.6 Å². The Hall–Kier alpha value is -1.06. The molecule has 0 aromatic heterocycles. The number of carbonyl (C=O) groups is 2. The minimum absolute atomic E-state index is 0.0741. The van der Waals surface area contributed by atoms with Gasteiger partial charge in [-0.25, -0.2) is 0 Å². The van der Waals surface area contributed by atoms with Crippen LogP contribution in [-0.4, -0.2) is 23.0 Å². The molecule has 16 heavy (non-hydrogen) atoms. The number of hydrogen-bond donors (Lipinski definition) is 2. The van der Waals surface area contributed by atoms with Crippen LogP contribution >= 0.6 is 0 Å². The van der Waals surface area contributed by atoms with Gasteiger partial charge in [-0.05, 0) is 31.1 Å². The van der Waals surface area contributed by atoms with Crippen molar-refractivity contribution < 1.29 is 14.7 Å². The van der Waals surface area contributed by atoms with Crippen molar-refractivity contribution in [3.05, 3.63) is 0 Å². The lowest BCUT2D eigenvalue weighted by Crippen LogP contribution is -2.35. The molecule has 2 rings (SSSR count). The largest absolute Gasteiger partial charge is 0.481 e. The predicted molar refractivity (Wildman–Crippen MR) is 58.8 cm³/mol. The van der Waals surface area contributed by atoms with Crippen molar-refractivity contribution in [2.75, 3.05) is 0 Å². The van der Waals surface area contributed by atoms with Gasteiger partial charge in [-0.2, -0.15) is 0 Å². The van der Waals surface area contributed by atoms with E-state index in [1.54, 1.807) is 0 Å². The van der Waals surface area contributed by atoms with Gasteiger partial charge in [0.25, 0.3) is 0 Å². The average Bonchev–Trinajstić information content (AvgIpc) is 2.62. The zero-order valence-electron chi connectivity index (χ0n) is 9.82. The zero-order chi connectivity index (χ0) is 11.9. The second kappa shape index (κ2) is 3.75. The fourth-order valence-corrected chi connectivity index (χ4v) is 2.55. The van der Waals surface area contributed by atoms with Crippen LogP contribution in [0.25, 0.3) is 0 Å². The molecule has 0 bridgehead atoms. The number of amides is 1. The fourth-order valence-electron chi connectivity index (χ4n) is 2.55. The molecule has 0 heterocycles. The maximum absolute atomic E-state index is 11.8. The van der Waals surface area contributed by atoms with Gasteiger partial charge in [0, 0.05) is 12.0 Å². The monoisotopic (exact) mass is 225 g/mol. The zero-order valence-corrected chi connectivity index (χ0v) is 9.82. The van der Waals surface area contributed by atoms with Crippen molar-refractivity contribution in [3.63, 3.8) is 0 Å². The molecule has 1 unspecified atom stereocenters. The number of hydrogen-bond acceptors (Lipinski definition) is 2. The molecule has 1 amide bonds. The molecular weight excluding hydrogens is 206 g/mol. The molecule has 4 heteroatoms. The van der Waals surface area contributed by atoms with E-state index in [0.29, 0.717) is 12.8 Å². The third-order valence-corrected chi connectivity index (χ3v) is 3.96. The maximum atomic E-state index is 11.8. The molecule has 4 nitrogen and oxygen atoms in total. The predicted octanol–water partition coefficient (Wildman–Crippen LogP) is 1.40. The first-order valence-electron chi connectivity index (χ1n) is 5.93. The highest BCUT2D eigenvalue weighted by atomic mass is 16.4. The van der Waals surface area contributed by atoms with Crippen molar-refractivity contribution >= 4 is 11.9 Å². The number of carboxylic acids is 1. The lowest BCUT2D eigenvalue weighted by molar-refractivity contribution is -0.141. The van der Waals surface area contributed by atoms with Gasteiger partial charge in [0.15, 0.2) is 0 Å². The van der Waals surface area contributed by atoms with Crippen molar-refractivity contribution in [3.8, 4) is 0 Å². The molecule has 2 N–H and O–H groups in total. The van der Waals surface area contributed by atoms with Gasteiger partial charge >= 0.3 is 5.97 Å². The standard InChI is InChI=1S/C12H19NO3/c1-12(2)6-9(12)10(14)13-8-4-3-7(5-8)11(15)16/h7-9H,3-6H2,1-2H3,(H,13,14)(H,15,16)/t7-,8+,9?/m1/s1. The minimum atomic E-state index is -0.733. The minimum Gasteiger partial charge on any atom is -0.481 e. The molecule has 0 aliphatic heterocycles. The average molecular weight is 225 g/mol. The fraction of sp³-hybridized carbons (Fsp3) is 0.833. The van der Waals surface area contributed by atoms with Crippen LogP contribution in [0.4, 0.5) is 0 Å². The maximum Gasteiger partial charge on any atom is 0.306 e. The molecule has 2 fully saturated rings. The molecule has 0 aromatic rings. The van der Waals surface area contributed by atoms with E-state index in [-0.39, 0.29) is 29.2 Å². The summed E-state index contributed by atoms with van der Waals surface area (Å²) >= 11 is 0. The van der Waals surface area contributed by atoms with E-state index in [1.165, 1.54) is 0 Å². The number of carbonyl (C=O) groups excluding carboxylic acids is 1. The molecule has 2 aliphatic rings. The smallest absolute Gasteiger partial charge is 0.306 e. The van der Waals surface area contributed by atoms with Crippen LogP contribution < -0.4 is 5.32 Å². The van der Waals surface area contributed by atoms with Crippen LogP contribution in [-0.2, 0) is 9.59 Å². The third kappa shape index (κ3) is 2.20. The van der Waals surface area contributed by atoms with Gasteiger partial charge in [0.05, 0.1) is 5.92 Å². The third-order valence-electron chi connectivity index (χ3n) is 3.96. The Morgan fingerprint density at radius 3 is 2.38 bits per heavy atom. The molecule has 2 saturated carbocycles. The molecule has 0 saturated heterocycles. The van der Waals surface area contributed by atoms with E-state index in [0.717, 1.165) is 12.8 Å². The summed E-state index contributed by atoms with van der Waals surface area (Å²) in [6, 6.07) is 0.0741. The summed E-state index contributed by atoms with van der Waals surface area (Å²) < 4.78 is 0. The first-order valence-corrected chi connectivity index (χ1v) is 5.93. The van der Waals surface area contributed by atoms with E-state index in [9.17, 15) is 9.59 Å². The van der Waals surface area contributed by atoms with E-state index >= 15 is 0 Å². The topological polar surface area (TPSA) is 66.4 Å². The Bertz CT molecular complexity index is 324. The Labute approximate surface area is 95.4 Å². The Balaban J connectivity index is 1.80. The first-order chi connectivity index (χ1) is 7.40. The summed E-state index contributed by atoms with van der Waals surface area (Å²) in [5.74, 6) is -0.751. The van der Waals surface area contributed by atoms with Gasteiger partial charge in [-0.1, -0.05) is 13.8 Å². The quantitative estimate of drug-likeness (QED) is 0.763. The molecule has 0 aromatic carbocycles. The number of aliphatic carboxylic acids is 1. The van der Waals surface area contributed by atoms with E-state index in [4.69, 9.17) is 5.11 Å². The van der Waals surface area contributed by atoms with Gasteiger partial charge in [0.1, 0.15) is 0 Å². The highest BCUT2D eigenvalue weighted by molar-refractivity contribution is 5.82. The number of nitrogens with one attached hydrogen (secondary N) is 1. The summed E-state index contributed by atoms with van der Waals surface area (Å²) in [6.45, 7) is 4.18. The number of carboxylic acid groups (broad SMARTS) is 1. The Kier molecular flexibility index (Phi) is 2.68. The summed E-state index contributed by atoms with van der Waals surface area (Å²) in [5.41, 5.74) is 0.148. The van der Waals surface area contributed by atoms with Gasteiger partial charge in [-0.3, -0.25) is 9.59 Å². The van der Waals surface area contributed by atoms with Crippen molar-refractivity contribution in [1.29, 1.82) is 0 Å². The molecule has 0 spiro atoms. The molecule has 2 aliphatic carbocycles. The second-order valence-corrected chi connectivity index (χ2v) is 5.80. The molecular formula is C12H19NO3. The summed E-state index contributed by atoms with van der Waals surface area (Å²) in [7, 11) is 0. The van der Waals surface area contributed by atoms with Crippen LogP contribution in [0.2, 0.25) is 0 Å². The van der Waals surface area contributed by atoms with Crippen LogP contribution in [0.1, 0.15) is 39.5 Å². The normalized spacial score (nSPS) is 35.8. The molecule has 0 radical (unpaired) electrons. The number of rotatable bonds is 3. The first kappa shape index (κ1) is 11.4. The van der Waals surface area contributed by atoms with E-state index < -0.39 is 5.97 Å².